The molecule has 0 aliphatic rings. The molecule has 0 saturated carbocycles. The average molecular weight is 374 g/mol. The summed E-state index contributed by atoms with van der Waals surface area (Å²) < 4.78 is 0.717. The maximum atomic E-state index is 10.7. The van der Waals surface area contributed by atoms with Gasteiger partial charge < -0.3 is 10.4 Å². The summed E-state index contributed by atoms with van der Waals surface area (Å²) in [5, 5.41) is 12.0. The molecule has 0 bridgehead atoms. The third-order valence-corrected chi connectivity index (χ3v) is 5.00. The molecule has 128 valence electrons. The summed E-state index contributed by atoms with van der Waals surface area (Å²) in [7, 11) is 0. The van der Waals surface area contributed by atoms with Crippen LogP contribution in [-0.2, 0) is 11.2 Å². The zero-order valence-corrected chi connectivity index (χ0v) is 15.3. The van der Waals surface area contributed by atoms with Gasteiger partial charge in [0, 0.05) is 11.4 Å². The Balaban J connectivity index is 1.88. The van der Waals surface area contributed by atoms with Gasteiger partial charge in [-0.2, -0.15) is 0 Å². The lowest BCUT2D eigenvalue weighted by Gasteiger charge is -2.11. The molecule has 0 unspecified atom stereocenters. The van der Waals surface area contributed by atoms with Crippen LogP contribution in [0.4, 0.5) is 11.6 Å². The number of benzene rings is 1. The van der Waals surface area contributed by atoms with Crippen LogP contribution < -0.4 is 5.32 Å². The first-order chi connectivity index (χ1) is 11.9. The minimum absolute atomic E-state index is 0.00368. The van der Waals surface area contributed by atoms with E-state index in [2.05, 4.69) is 15.3 Å². The predicted molar refractivity (Wildman–Crippen MR) is 101 cm³/mol. The molecule has 7 heteroatoms. The number of carboxylic acid groups (broad SMARTS) is 1. The molecule has 2 N–H and O–H groups in total. The second-order valence-corrected chi connectivity index (χ2v) is 7.32. The number of nitrogens with zero attached hydrogens (tertiary/aromatic N) is 2. The highest BCUT2D eigenvalue weighted by Gasteiger charge is 2.12. The molecule has 0 radical (unpaired) electrons. The van der Waals surface area contributed by atoms with E-state index in [1.54, 1.807) is 12.1 Å². The number of rotatable bonds is 5. The van der Waals surface area contributed by atoms with Crippen LogP contribution in [0.15, 0.2) is 36.4 Å². The van der Waals surface area contributed by atoms with E-state index in [-0.39, 0.29) is 6.42 Å². The van der Waals surface area contributed by atoms with Crippen molar-refractivity contribution >= 4 is 40.5 Å². The van der Waals surface area contributed by atoms with E-state index < -0.39 is 5.97 Å². The van der Waals surface area contributed by atoms with Gasteiger partial charge >= 0.3 is 5.97 Å². The molecule has 25 heavy (non-hydrogen) atoms. The Kier molecular flexibility index (Phi) is 5.01. The van der Waals surface area contributed by atoms with Crippen LogP contribution in [0.25, 0.3) is 10.6 Å². The maximum Gasteiger partial charge on any atom is 0.307 e. The van der Waals surface area contributed by atoms with Crippen molar-refractivity contribution in [3.63, 3.8) is 0 Å². The maximum absolute atomic E-state index is 10.7. The molecule has 2 heterocycles. The summed E-state index contributed by atoms with van der Waals surface area (Å²) >= 11 is 7.52. The zero-order chi connectivity index (χ0) is 18.0. The highest BCUT2D eigenvalue weighted by Crippen LogP contribution is 2.33. The monoisotopic (exact) mass is 373 g/mol. The second-order valence-electron chi connectivity index (χ2n) is 5.60. The van der Waals surface area contributed by atoms with Crippen LogP contribution in [0.3, 0.4) is 0 Å². The smallest absolute Gasteiger partial charge is 0.307 e. The number of aliphatic carboxylic acids is 1. The Morgan fingerprint density at radius 3 is 2.48 bits per heavy atom. The highest BCUT2D eigenvalue weighted by molar-refractivity contribution is 7.19. The number of halogens is 1. The fourth-order valence-electron chi connectivity index (χ4n) is 2.38. The third-order valence-electron chi connectivity index (χ3n) is 3.76. The molecular formula is C18H16ClN3O2S. The molecule has 0 aliphatic heterocycles. The van der Waals surface area contributed by atoms with Gasteiger partial charge in [0.15, 0.2) is 0 Å². The van der Waals surface area contributed by atoms with Crippen LogP contribution in [0.5, 0.6) is 0 Å². The molecule has 0 atom stereocenters. The summed E-state index contributed by atoms with van der Waals surface area (Å²) in [6, 6.07) is 11.0. The van der Waals surface area contributed by atoms with Crippen molar-refractivity contribution < 1.29 is 9.90 Å². The lowest BCUT2D eigenvalue weighted by Crippen LogP contribution is -2.03. The fraction of sp³-hybridized carbons (Fsp3) is 0.167. The first-order valence-corrected chi connectivity index (χ1v) is 8.80. The molecule has 1 aromatic carbocycles. The van der Waals surface area contributed by atoms with Crippen LogP contribution in [0.1, 0.15) is 16.8 Å². The van der Waals surface area contributed by atoms with Crippen LogP contribution in [-0.4, -0.2) is 21.0 Å². The average Bonchev–Trinajstić information content (AvgIpc) is 2.98. The number of anilines is 2. The Hall–Kier alpha value is -2.44. The van der Waals surface area contributed by atoms with Gasteiger partial charge in [0.2, 0.25) is 5.95 Å². The van der Waals surface area contributed by atoms with Crippen molar-refractivity contribution in [2.45, 2.75) is 20.3 Å². The quantitative estimate of drug-likeness (QED) is 0.668. The molecule has 0 amide bonds. The number of carbonyl (C=O) groups is 1. The number of hydrogen-bond donors (Lipinski definition) is 2. The Morgan fingerprint density at radius 2 is 1.88 bits per heavy atom. The predicted octanol–water partition coefficient (Wildman–Crippen LogP) is 4.85. The van der Waals surface area contributed by atoms with Crippen molar-refractivity contribution in [2.75, 3.05) is 5.32 Å². The summed E-state index contributed by atoms with van der Waals surface area (Å²) in [6.07, 6.45) is 0.00368. The van der Waals surface area contributed by atoms with E-state index in [9.17, 15) is 4.79 Å². The van der Waals surface area contributed by atoms with E-state index in [4.69, 9.17) is 16.7 Å². The van der Waals surface area contributed by atoms with Crippen molar-refractivity contribution in [3.8, 4) is 10.6 Å². The number of aryl methyl sites for hydroxylation is 1. The SMILES string of the molecule is Cc1nc(Nc2ccc(CC(=O)O)cc2)nc(-c2ccc(Cl)s2)c1C. The number of carboxylic acids is 1. The largest absolute Gasteiger partial charge is 0.481 e. The Labute approximate surface area is 154 Å². The van der Waals surface area contributed by atoms with E-state index >= 15 is 0 Å². The van der Waals surface area contributed by atoms with E-state index in [0.717, 1.165) is 33.1 Å². The molecule has 0 saturated heterocycles. The second kappa shape index (κ2) is 7.21. The van der Waals surface area contributed by atoms with E-state index in [0.29, 0.717) is 10.3 Å². The lowest BCUT2D eigenvalue weighted by molar-refractivity contribution is -0.136. The molecular weight excluding hydrogens is 358 g/mol. The van der Waals surface area contributed by atoms with Gasteiger partial charge in [-0.1, -0.05) is 23.7 Å². The molecule has 0 fully saturated rings. The molecule has 0 spiro atoms. The van der Waals surface area contributed by atoms with Crippen molar-refractivity contribution in [2.24, 2.45) is 0 Å². The zero-order valence-electron chi connectivity index (χ0n) is 13.7. The van der Waals surface area contributed by atoms with Gasteiger partial charge in [-0.05, 0) is 49.2 Å². The molecule has 2 aromatic heterocycles. The fourth-order valence-corrected chi connectivity index (χ4v) is 3.47. The molecule has 3 aromatic rings. The first kappa shape index (κ1) is 17.4. The normalized spacial score (nSPS) is 10.7. The molecule has 0 aliphatic carbocycles. The number of nitrogens with one attached hydrogen (secondary N) is 1. The third kappa shape index (κ3) is 4.15. The minimum atomic E-state index is -0.850. The van der Waals surface area contributed by atoms with Crippen molar-refractivity contribution in [1.29, 1.82) is 0 Å². The van der Waals surface area contributed by atoms with Crippen molar-refractivity contribution in [3.05, 3.63) is 57.6 Å². The molecule has 5 nitrogen and oxygen atoms in total. The summed E-state index contributed by atoms with van der Waals surface area (Å²) in [4.78, 5) is 20.8. The van der Waals surface area contributed by atoms with Gasteiger partial charge in [0.25, 0.3) is 0 Å². The van der Waals surface area contributed by atoms with E-state index in [1.807, 2.05) is 38.1 Å². The Bertz CT molecular complexity index is 923. The standard InChI is InChI=1S/C18H16ClN3O2S/c1-10-11(2)20-18(22-17(10)14-7-8-15(19)25-14)21-13-5-3-12(4-6-13)9-16(23)24/h3-8H,9H2,1-2H3,(H,23,24)(H,20,21,22). The summed E-state index contributed by atoms with van der Waals surface area (Å²) in [5.74, 6) is -0.356. The number of thiophene rings is 1. The first-order valence-electron chi connectivity index (χ1n) is 7.61. The minimum Gasteiger partial charge on any atom is -0.481 e. The summed E-state index contributed by atoms with van der Waals surface area (Å²) in [6.45, 7) is 3.93. The van der Waals surface area contributed by atoms with Crippen LogP contribution >= 0.6 is 22.9 Å². The van der Waals surface area contributed by atoms with Gasteiger partial charge in [-0.3, -0.25) is 4.79 Å². The van der Waals surface area contributed by atoms with E-state index in [1.165, 1.54) is 11.3 Å². The van der Waals surface area contributed by atoms with Gasteiger partial charge in [-0.25, -0.2) is 9.97 Å². The molecule has 3 rings (SSSR count). The van der Waals surface area contributed by atoms with Crippen LogP contribution in [0.2, 0.25) is 4.34 Å². The van der Waals surface area contributed by atoms with Gasteiger partial charge in [-0.15, -0.1) is 11.3 Å². The topological polar surface area (TPSA) is 75.1 Å². The number of hydrogen-bond acceptors (Lipinski definition) is 5. The van der Waals surface area contributed by atoms with Gasteiger partial charge in [0.1, 0.15) is 0 Å². The number of aromatic nitrogens is 2. The van der Waals surface area contributed by atoms with Crippen LogP contribution in [0, 0.1) is 13.8 Å². The highest BCUT2D eigenvalue weighted by atomic mass is 35.5. The van der Waals surface area contributed by atoms with Gasteiger partial charge in [0.05, 0.1) is 21.3 Å². The lowest BCUT2D eigenvalue weighted by atomic mass is 10.1. The summed E-state index contributed by atoms with van der Waals surface area (Å²) in [5.41, 5.74) is 4.30. The Morgan fingerprint density at radius 1 is 1.16 bits per heavy atom. The van der Waals surface area contributed by atoms with Crippen molar-refractivity contribution in [1.82, 2.24) is 9.97 Å².